The highest BCUT2D eigenvalue weighted by molar-refractivity contribution is 7.85. The minimum atomic E-state index is -4.26. The molecule has 7 nitrogen and oxygen atoms in total. The van der Waals surface area contributed by atoms with Gasteiger partial charge in [0.05, 0.1) is 10.3 Å². The van der Waals surface area contributed by atoms with Gasteiger partial charge in [0.15, 0.2) is 18.9 Å². The van der Waals surface area contributed by atoms with Crippen LogP contribution in [0, 0.1) is 0 Å². The molecule has 1 unspecified atom stereocenters. The van der Waals surface area contributed by atoms with E-state index in [2.05, 4.69) is 4.52 Å². The lowest BCUT2D eigenvalue weighted by Gasteiger charge is -2.15. The molecule has 1 atom stereocenters. The number of hydrogen-bond acceptors (Lipinski definition) is 4. The van der Waals surface area contributed by atoms with E-state index in [0.29, 0.717) is 6.54 Å². The zero-order valence-electron chi connectivity index (χ0n) is 12.5. The van der Waals surface area contributed by atoms with Crippen LogP contribution in [0.25, 0.3) is 0 Å². The van der Waals surface area contributed by atoms with Gasteiger partial charge in [0.1, 0.15) is 0 Å². The highest BCUT2D eigenvalue weighted by Gasteiger charge is 2.43. The van der Waals surface area contributed by atoms with Crippen LogP contribution in [0.1, 0.15) is 26.3 Å². The van der Waals surface area contributed by atoms with E-state index in [1.807, 2.05) is 25.3 Å². The van der Waals surface area contributed by atoms with Crippen molar-refractivity contribution in [2.75, 3.05) is 13.2 Å². The molecule has 2 rings (SSSR count). The normalized spacial score (nSPS) is 17.6. The number of benzene rings is 1. The van der Waals surface area contributed by atoms with Gasteiger partial charge in [-0.15, -0.1) is 9.42 Å². The average molecular weight is 347 g/mol. The van der Waals surface area contributed by atoms with Gasteiger partial charge in [0.2, 0.25) is 5.69 Å². The van der Waals surface area contributed by atoms with Crippen LogP contribution in [0.5, 0.6) is 0 Å². The predicted molar refractivity (Wildman–Crippen MR) is 80.5 cm³/mol. The summed E-state index contributed by atoms with van der Waals surface area (Å²) in [6.07, 6.45) is 0. The SMILES string of the molecule is CC1=[N+](CCO[P+](=O)O)c2ccc(S(=O)(=O)O)cc2C1(C)C. The Hall–Kier alpha value is -1.18. The minimum absolute atomic E-state index is 0.0681. The number of rotatable bonds is 5. The predicted octanol–water partition coefficient (Wildman–Crippen LogP) is 2.00. The van der Waals surface area contributed by atoms with Gasteiger partial charge in [-0.2, -0.15) is 13.0 Å². The third-order valence-electron chi connectivity index (χ3n) is 4.06. The molecule has 9 heteroatoms. The summed E-state index contributed by atoms with van der Waals surface area (Å²) in [6, 6.07) is 4.42. The lowest BCUT2D eigenvalue weighted by atomic mass is 9.82. The molecule has 1 aromatic carbocycles. The molecule has 1 aliphatic rings. The molecule has 2 N–H and O–H groups in total. The smallest absolute Gasteiger partial charge is 0.282 e. The van der Waals surface area contributed by atoms with E-state index in [-0.39, 0.29) is 11.5 Å². The van der Waals surface area contributed by atoms with E-state index in [9.17, 15) is 17.5 Å². The lowest BCUT2D eigenvalue weighted by molar-refractivity contribution is -0.441. The number of hydrogen-bond donors (Lipinski definition) is 2. The van der Waals surface area contributed by atoms with Gasteiger partial charge in [0.25, 0.3) is 10.1 Å². The molecule has 0 amide bonds. The van der Waals surface area contributed by atoms with E-state index in [4.69, 9.17) is 4.89 Å². The highest BCUT2D eigenvalue weighted by Crippen LogP contribution is 2.40. The average Bonchev–Trinajstić information content (AvgIpc) is 2.58. The molecule has 0 aliphatic carbocycles. The van der Waals surface area contributed by atoms with Crippen molar-refractivity contribution in [3.63, 3.8) is 0 Å². The first-order valence-corrected chi connectivity index (χ1v) is 9.15. The summed E-state index contributed by atoms with van der Waals surface area (Å²) in [4.78, 5) is 8.53. The molecular weight excluding hydrogens is 329 g/mol. The van der Waals surface area contributed by atoms with Crippen molar-refractivity contribution in [1.29, 1.82) is 0 Å². The molecule has 120 valence electrons. The Morgan fingerprint density at radius 1 is 1.36 bits per heavy atom. The third-order valence-corrected chi connectivity index (χ3v) is 5.31. The van der Waals surface area contributed by atoms with Crippen molar-refractivity contribution in [1.82, 2.24) is 0 Å². The van der Waals surface area contributed by atoms with Gasteiger partial charge < -0.3 is 0 Å². The molecule has 1 aromatic rings. The Morgan fingerprint density at radius 2 is 2.00 bits per heavy atom. The molecule has 0 radical (unpaired) electrons. The Balaban J connectivity index is 2.44. The summed E-state index contributed by atoms with van der Waals surface area (Å²) >= 11 is 0. The Morgan fingerprint density at radius 3 is 2.55 bits per heavy atom. The van der Waals surface area contributed by atoms with E-state index < -0.39 is 23.8 Å². The standard InChI is InChI=1S/C13H16NO6PS/c1-9-13(2,3)11-8-10(22(17,18)19)4-5-12(11)14(9)6-7-20-21(15)16/h4-5,8H,6-7H2,1-3H3/p+2. The molecule has 22 heavy (non-hydrogen) atoms. The van der Waals surface area contributed by atoms with Crippen LogP contribution in [0.2, 0.25) is 0 Å². The van der Waals surface area contributed by atoms with Crippen LogP contribution in [0.15, 0.2) is 23.1 Å². The molecule has 0 fully saturated rings. The fraction of sp³-hybridized carbons (Fsp3) is 0.462. The fourth-order valence-electron chi connectivity index (χ4n) is 2.62. The van der Waals surface area contributed by atoms with Crippen LogP contribution in [0.4, 0.5) is 5.69 Å². The van der Waals surface area contributed by atoms with Gasteiger partial charge in [0, 0.05) is 23.1 Å². The maximum Gasteiger partial charge on any atom is 0.694 e. The summed E-state index contributed by atoms with van der Waals surface area (Å²) in [6.45, 7) is 6.24. The van der Waals surface area contributed by atoms with Gasteiger partial charge in [-0.3, -0.25) is 4.55 Å². The molecule has 0 spiro atoms. The largest absolute Gasteiger partial charge is 0.694 e. The second-order valence-corrected chi connectivity index (χ2v) is 7.74. The van der Waals surface area contributed by atoms with Crippen molar-refractivity contribution in [3.05, 3.63) is 23.8 Å². The van der Waals surface area contributed by atoms with Crippen LogP contribution >= 0.6 is 8.25 Å². The second-order valence-electron chi connectivity index (χ2n) is 5.59. The van der Waals surface area contributed by atoms with E-state index >= 15 is 0 Å². The van der Waals surface area contributed by atoms with Crippen LogP contribution in [-0.4, -0.2) is 41.3 Å². The topological polar surface area (TPSA) is 104 Å². The summed E-state index contributed by atoms with van der Waals surface area (Å²) < 4.78 is 49.0. The summed E-state index contributed by atoms with van der Waals surface area (Å²) in [5.74, 6) is 0. The van der Waals surface area contributed by atoms with Gasteiger partial charge in [-0.25, -0.2) is 0 Å². The number of nitrogens with zero attached hydrogens (tertiary/aromatic N) is 1. The zero-order valence-corrected chi connectivity index (χ0v) is 14.2. The van der Waals surface area contributed by atoms with Crippen molar-refractivity contribution in [2.45, 2.75) is 31.1 Å². The van der Waals surface area contributed by atoms with Crippen molar-refractivity contribution < 1.29 is 31.5 Å². The van der Waals surface area contributed by atoms with Gasteiger partial charge in [-0.05, 0) is 26.0 Å². The van der Waals surface area contributed by atoms with Crippen molar-refractivity contribution in [3.8, 4) is 0 Å². The first-order valence-electron chi connectivity index (χ1n) is 6.58. The Kier molecular flexibility index (Phi) is 4.52. The molecule has 1 heterocycles. The molecule has 0 bridgehead atoms. The van der Waals surface area contributed by atoms with Crippen LogP contribution < -0.4 is 0 Å². The Bertz CT molecular complexity index is 769. The first kappa shape index (κ1) is 17.2. The quantitative estimate of drug-likeness (QED) is 0.480. The van der Waals surface area contributed by atoms with Crippen molar-refractivity contribution in [2.24, 2.45) is 0 Å². The van der Waals surface area contributed by atoms with E-state index in [0.717, 1.165) is 17.0 Å². The lowest BCUT2D eigenvalue weighted by Crippen LogP contribution is -2.27. The van der Waals surface area contributed by atoms with Gasteiger partial charge in [-0.1, -0.05) is 0 Å². The summed E-state index contributed by atoms with van der Waals surface area (Å²) in [7, 11) is -6.91. The molecule has 0 saturated heterocycles. The second kappa shape index (κ2) is 5.79. The minimum Gasteiger partial charge on any atom is -0.282 e. The maximum atomic E-state index is 11.3. The van der Waals surface area contributed by atoms with Crippen molar-refractivity contribution >= 4 is 29.8 Å². The van der Waals surface area contributed by atoms with E-state index in [1.54, 1.807) is 6.07 Å². The highest BCUT2D eigenvalue weighted by atomic mass is 32.2. The summed E-state index contributed by atoms with van der Waals surface area (Å²) in [5.41, 5.74) is 2.11. The van der Waals surface area contributed by atoms with Crippen LogP contribution in [0.3, 0.4) is 0 Å². The van der Waals surface area contributed by atoms with Gasteiger partial charge >= 0.3 is 8.25 Å². The fourth-order valence-corrected chi connectivity index (χ4v) is 3.37. The first-order chi connectivity index (χ1) is 10.0. The molecular formula is C13H18NO6PS+2. The van der Waals surface area contributed by atoms with E-state index in [1.165, 1.54) is 12.1 Å². The maximum absolute atomic E-state index is 11.3. The zero-order chi connectivity index (χ0) is 16.7. The Labute approximate surface area is 129 Å². The molecule has 1 aliphatic heterocycles. The third kappa shape index (κ3) is 3.11. The number of fused-ring (bicyclic) bond motifs is 1. The summed E-state index contributed by atoms with van der Waals surface area (Å²) in [5, 5.41) is 0. The molecule has 0 aromatic heterocycles. The monoisotopic (exact) mass is 347 g/mol. The molecule has 0 saturated carbocycles. The van der Waals surface area contributed by atoms with Crippen LogP contribution in [-0.2, 0) is 24.6 Å².